The Hall–Kier alpha value is -2.28. The standard InChI is InChI=1S/C22H20Cl2F3N4OP/c1-33(2,32)16-5-3-15(4-6-16)29-21-28-11-18(22(25,26)27)20(30-21)31-8-7-17-13(12-31)9-14(23)10-19(17)24/h3-6,9-11H,7-8,12H2,1-2H3,(H,28,29,30). The van der Waals surface area contributed by atoms with Crippen LogP contribution >= 0.6 is 30.3 Å². The first kappa shape index (κ1) is 23.9. The van der Waals surface area contributed by atoms with Crippen molar-refractivity contribution >= 4 is 53.1 Å². The second kappa shape index (κ2) is 8.82. The number of halogens is 5. The Bertz CT molecular complexity index is 1250. The van der Waals surface area contributed by atoms with Gasteiger partial charge in [0, 0.05) is 40.3 Å². The first-order chi connectivity index (χ1) is 15.4. The van der Waals surface area contributed by atoms with Crippen LogP contribution in [-0.2, 0) is 23.7 Å². The Morgan fingerprint density at radius 2 is 1.82 bits per heavy atom. The fraction of sp³-hybridized carbons (Fsp3) is 0.273. The summed E-state index contributed by atoms with van der Waals surface area (Å²) < 4.78 is 53.4. The van der Waals surface area contributed by atoms with Gasteiger partial charge in [0.1, 0.15) is 18.5 Å². The van der Waals surface area contributed by atoms with Crippen molar-refractivity contribution < 1.29 is 17.7 Å². The summed E-state index contributed by atoms with van der Waals surface area (Å²) in [5, 5.41) is 4.56. The van der Waals surface area contributed by atoms with E-state index in [9.17, 15) is 17.7 Å². The number of aromatic nitrogens is 2. The molecule has 0 spiro atoms. The van der Waals surface area contributed by atoms with Crippen molar-refractivity contribution in [1.82, 2.24) is 9.97 Å². The fourth-order valence-corrected chi connectivity index (χ4v) is 5.19. The quantitative estimate of drug-likeness (QED) is 0.410. The van der Waals surface area contributed by atoms with E-state index in [0.29, 0.717) is 34.0 Å². The molecule has 1 N–H and O–H groups in total. The minimum atomic E-state index is -4.62. The largest absolute Gasteiger partial charge is 0.421 e. The van der Waals surface area contributed by atoms with Crippen molar-refractivity contribution in [3.63, 3.8) is 0 Å². The highest BCUT2D eigenvalue weighted by Gasteiger charge is 2.37. The van der Waals surface area contributed by atoms with Crippen LogP contribution in [0.1, 0.15) is 16.7 Å². The molecule has 0 saturated carbocycles. The van der Waals surface area contributed by atoms with E-state index in [0.717, 1.165) is 17.3 Å². The summed E-state index contributed by atoms with van der Waals surface area (Å²) in [6, 6.07) is 10.1. The van der Waals surface area contributed by atoms with Gasteiger partial charge < -0.3 is 14.8 Å². The molecule has 3 aromatic rings. The van der Waals surface area contributed by atoms with Crippen LogP contribution in [0, 0.1) is 0 Å². The molecule has 0 bridgehead atoms. The number of nitrogens with zero attached hydrogens (tertiary/aromatic N) is 3. The van der Waals surface area contributed by atoms with Gasteiger partial charge in [0.25, 0.3) is 0 Å². The molecule has 5 nitrogen and oxygen atoms in total. The molecule has 11 heteroatoms. The third-order valence-corrected chi connectivity index (χ3v) is 7.46. The zero-order valence-electron chi connectivity index (χ0n) is 17.7. The number of hydrogen-bond donors (Lipinski definition) is 1. The molecule has 1 aliphatic heterocycles. The SMILES string of the molecule is CP(C)(=O)c1ccc(Nc2ncc(C(F)(F)F)c(N3CCc4c(Cl)cc(Cl)cc4C3)n2)cc1. The smallest absolute Gasteiger partial charge is 0.351 e. The molecule has 0 amide bonds. The lowest BCUT2D eigenvalue weighted by molar-refractivity contribution is -0.137. The Kier molecular flexibility index (Phi) is 6.38. The Labute approximate surface area is 199 Å². The molecule has 33 heavy (non-hydrogen) atoms. The van der Waals surface area contributed by atoms with Crippen LogP contribution in [0.25, 0.3) is 0 Å². The molecule has 174 valence electrons. The van der Waals surface area contributed by atoms with Crippen molar-refractivity contribution in [2.45, 2.75) is 19.1 Å². The Balaban J connectivity index is 1.67. The molecule has 0 atom stereocenters. The van der Waals surface area contributed by atoms with Gasteiger partial charge in [-0.1, -0.05) is 23.2 Å². The van der Waals surface area contributed by atoms with Crippen LogP contribution in [0.3, 0.4) is 0 Å². The van der Waals surface area contributed by atoms with Crippen molar-refractivity contribution in [2.24, 2.45) is 0 Å². The number of hydrogen-bond acceptors (Lipinski definition) is 5. The summed E-state index contributed by atoms with van der Waals surface area (Å²) in [5.41, 5.74) is 1.29. The maximum absolute atomic E-state index is 13.7. The van der Waals surface area contributed by atoms with E-state index in [1.54, 1.807) is 54.6 Å². The lowest BCUT2D eigenvalue weighted by Crippen LogP contribution is -2.33. The molecule has 2 heterocycles. The number of benzene rings is 2. The van der Waals surface area contributed by atoms with E-state index in [-0.39, 0.29) is 18.3 Å². The van der Waals surface area contributed by atoms with Crippen molar-refractivity contribution in [1.29, 1.82) is 0 Å². The molecule has 1 aromatic heterocycles. The van der Waals surface area contributed by atoms with Gasteiger partial charge in [0.05, 0.1) is 0 Å². The van der Waals surface area contributed by atoms with Gasteiger partial charge in [0.2, 0.25) is 5.95 Å². The van der Waals surface area contributed by atoms with Gasteiger partial charge in [-0.2, -0.15) is 18.2 Å². The van der Waals surface area contributed by atoms with Crippen LogP contribution in [-0.4, -0.2) is 29.8 Å². The molecular formula is C22H20Cl2F3N4OP. The maximum atomic E-state index is 13.7. The van der Waals surface area contributed by atoms with Crippen LogP contribution in [0.15, 0.2) is 42.6 Å². The monoisotopic (exact) mass is 514 g/mol. The number of anilines is 3. The molecule has 4 rings (SSSR count). The fourth-order valence-electron chi connectivity index (χ4n) is 3.70. The summed E-state index contributed by atoms with van der Waals surface area (Å²) in [6.45, 7) is 3.83. The van der Waals surface area contributed by atoms with Crippen LogP contribution in [0.2, 0.25) is 10.0 Å². The average molecular weight is 515 g/mol. The first-order valence-electron chi connectivity index (χ1n) is 10.0. The van der Waals surface area contributed by atoms with Gasteiger partial charge in [-0.15, -0.1) is 0 Å². The predicted octanol–water partition coefficient (Wildman–Crippen LogP) is 6.36. The van der Waals surface area contributed by atoms with Gasteiger partial charge in [-0.3, -0.25) is 0 Å². The summed E-state index contributed by atoms with van der Waals surface area (Å²) in [7, 11) is -2.42. The van der Waals surface area contributed by atoms with E-state index in [4.69, 9.17) is 23.2 Å². The molecule has 2 aromatic carbocycles. The van der Waals surface area contributed by atoms with Crippen LogP contribution < -0.4 is 15.5 Å². The predicted molar refractivity (Wildman–Crippen MR) is 127 cm³/mol. The topological polar surface area (TPSA) is 58.1 Å². The summed E-state index contributed by atoms with van der Waals surface area (Å²) >= 11 is 12.4. The van der Waals surface area contributed by atoms with E-state index in [2.05, 4.69) is 15.3 Å². The third kappa shape index (κ3) is 5.29. The van der Waals surface area contributed by atoms with E-state index in [1.807, 2.05) is 0 Å². The number of rotatable bonds is 4. The second-order valence-electron chi connectivity index (χ2n) is 8.15. The minimum Gasteiger partial charge on any atom is -0.351 e. The highest BCUT2D eigenvalue weighted by atomic mass is 35.5. The average Bonchev–Trinajstić information content (AvgIpc) is 2.72. The zero-order chi connectivity index (χ0) is 24.0. The van der Waals surface area contributed by atoms with Gasteiger partial charge >= 0.3 is 6.18 Å². The Morgan fingerprint density at radius 3 is 2.45 bits per heavy atom. The zero-order valence-corrected chi connectivity index (χ0v) is 20.2. The van der Waals surface area contributed by atoms with E-state index < -0.39 is 18.9 Å². The lowest BCUT2D eigenvalue weighted by Gasteiger charge is -2.32. The van der Waals surface area contributed by atoms with E-state index in [1.165, 1.54) is 0 Å². The van der Waals surface area contributed by atoms with Gasteiger partial charge in [-0.05, 0) is 67.3 Å². The third-order valence-electron chi connectivity index (χ3n) is 5.36. The van der Waals surface area contributed by atoms with Crippen molar-refractivity contribution in [3.05, 3.63) is 69.3 Å². The highest BCUT2D eigenvalue weighted by Crippen LogP contribution is 2.39. The van der Waals surface area contributed by atoms with Crippen molar-refractivity contribution in [3.8, 4) is 0 Å². The molecule has 0 unspecified atom stereocenters. The number of fused-ring (bicyclic) bond motifs is 1. The molecule has 1 aliphatic rings. The molecule has 0 saturated heterocycles. The maximum Gasteiger partial charge on any atom is 0.421 e. The normalized spacial score (nSPS) is 14.2. The summed E-state index contributed by atoms with van der Waals surface area (Å²) in [5.74, 6) is -0.193. The second-order valence-corrected chi connectivity index (χ2v) is 12.2. The molecular weight excluding hydrogens is 495 g/mol. The summed E-state index contributed by atoms with van der Waals surface area (Å²) in [6.07, 6.45) is -3.37. The number of nitrogens with one attached hydrogen (secondary N) is 1. The Morgan fingerprint density at radius 1 is 1.12 bits per heavy atom. The lowest BCUT2D eigenvalue weighted by atomic mass is 9.99. The molecule has 0 aliphatic carbocycles. The molecule has 0 fully saturated rings. The minimum absolute atomic E-state index is 0.0249. The highest BCUT2D eigenvalue weighted by molar-refractivity contribution is 7.70. The van der Waals surface area contributed by atoms with Crippen LogP contribution in [0.5, 0.6) is 0 Å². The van der Waals surface area contributed by atoms with Gasteiger partial charge in [-0.25, -0.2) is 4.98 Å². The number of alkyl halides is 3. The van der Waals surface area contributed by atoms with Crippen molar-refractivity contribution in [2.75, 3.05) is 30.1 Å². The molecule has 0 radical (unpaired) electrons. The van der Waals surface area contributed by atoms with Crippen LogP contribution in [0.4, 0.5) is 30.6 Å². The van der Waals surface area contributed by atoms with Gasteiger partial charge in [0.15, 0.2) is 0 Å². The summed E-state index contributed by atoms with van der Waals surface area (Å²) in [4.78, 5) is 9.64. The van der Waals surface area contributed by atoms with E-state index >= 15 is 0 Å². The first-order valence-corrected chi connectivity index (χ1v) is 13.4.